The van der Waals surface area contributed by atoms with Gasteiger partial charge in [0.2, 0.25) is 0 Å². The molecule has 4 heteroatoms. The van der Waals surface area contributed by atoms with E-state index in [1.807, 2.05) is 19.9 Å². The molecule has 0 bridgehead atoms. The summed E-state index contributed by atoms with van der Waals surface area (Å²) in [5.41, 5.74) is 0.687. The van der Waals surface area contributed by atoms with Crippen molar-refractivity contribution in [2.75, 3.05) is 13.1 Å². The van der Waals surface area contributed by atoms with Crippen LogP contribution in [0.3, 0.4) is 0 Å². The van der Waals surface area contributed by atoms with Gasteiger partial charge in [-0.15, -0.1) is 0 Å². The van der Waals surface area contributed by atoms with E-state index >= 15 is 0 Å². The predicted octanol–water partition coefficient (Wildman–Crippen LogP) is 3.43. The molecule has 0 N–H and O–H groups in total. The Kier molecular flexibility index (Phi) is 4.86. The lowest BCUT2D eigenvalue weighted by atomic mass is 10.2. The maximum absolute atomic E-state index is 12.0. The first-order valence-electron chi connectivity index (χ1n) is 4.84. The van der Waals surface area contributed by atoms with E-state index in [1.165, 1.54) is 0 Å². The van der Waals surface area contributed by atoms with Crippen molar-refractivity contribution < 1.29 is 4.79 Å². The van der Waals surface area contributed by atoms with Crippen molar-refractivity contribution in [3.8, 4) is 0 Å². The molecule has 0 atom stereocenters. The van der Waals surface area contributed by atoms with Crippen LogP contribution in [-0.4, -0.2) is 23.9 Å². The molecule has 1 amide bonds. The highest BCUT2D eigenvalue weighted by Crippen LogP contribution is 2.19. The summed E-state index contributed by atoms with van der Waals surface area (Å²) in [6.07, 6.45) is 0. The molecule has 15 heavy (non-hydrogen) atoms. The molecule has 1 rings (SSSR count). The Hall–Kier alpha value is -0.290. The standard InChI is InChI=1S/C11H13ClINO/c1-3-14(4-2)11(15)9-7-8(12)5-6-10(9)13/h5-7H,3-4H2,1-2H3. The van der Waals surface area contributed by atoms with Crippen LogP contribution in [0.15, 0.2) is 18.2 Å². The zero-order valence-corrected chi connectivity index (χ0v) is 11.7. The number of hydrogen-bond donors (Lipinski definition) is 0. The molecule has 0 radical (unpaired) electrons. The Labute approximate surface area is 109 Å². The quantitative estimate of drug-likeness (QED) is 0.774. The number of nitrogens with zero attached hydrogens (tertiary/aromatic N) is 1. The van der Waals surface area contributed by atoms with Gasteiger partial charge in [-0.2, -0.15) is 0 Å². The molecule has 0 aliphatic heterocycles. The van der Waals surface area contributed by atoms with Crippen molar-refractivity contribution in [1.82, 2.24) is 4.90 Å². The highest BCUT2D eigenvalue weighted by molar-refractivity contribution is 14.1. The SMILES string of the molecule is CCN(CC)C(=O)c1cc(Cl)ccc1I. The number of benzene rings is 1. The van der Waals surface area contributed by atoms with Crippen LogP contribution >= 0.6 is 34.2 Å². The van der Waals surface area contributed by atoms with E-state index in [2.05, 4.69) is 22.6 Å². The van der Waals surface area contributed by atoms with E-state index < -0.39 is 0 Å². The summed E-state index contributed by atoms with van der Waals surface area (Å²) in [5, 5.41) is 0.603. The molecule has 0 aliphatic rings. The molecule has 1 aromatic carbocycles. The van der Waals surface area contributed by atoms with E-state index in [4.69, 9.17) is 11.6 Å². The van der Waals surface area contributed by atoms with Crippen LogP contribution in [0.25, 0.3) is 0 Å². The lowest BCUT2D eigenvalue weighted by Gasteiger charge is -2.19. The smallest absolute Gasteiger partial charge is 0.254 e. The summed E-state index contributed by atoms with van der Waals surface area (Å²) in [6, 6.07) is 5.38. The largest absolute Gasteiger partial charge is 0.339 e. The summed E-state index contributed by atoms with van der Waals surface area (Å²) in [4.78, 5) is 13.8. The Morgan fingerprint density at radius 1 is 1.40 bits per heavy atom. The Balaban J connectivity index is 3.04. The molecule has 0 aromatic heterocycles. The third kappa shape index (κ3) is 3.08. The number of rotatable bonds is 3. The fourth-order valence-electron chi connectivity index (χ4n) is 1.34. The molecule has 0 unspecified atom stereocenters. The van der Waals surface area contributed by atoms with Crippen LogP contribution in [-0.2, 0) is 0 Å². The highest BCUT2D eigenvalue weighted by atomic mass is 127. The molecular formula is C11H13ClINO. The lowest BCUT2D eigenvalue weighted by Crippen LogP contribution is -2.31. The fourth-order valence-corrected chi connectivity index (χ4v) is 2.08. The summed E-state index contributed by atoms with van der Waals surface area (Å²) >= 11 is 8.03. The molecule has 0 aliphatic carbocycles. The molecule has 0 fully saturated rings. The Morgan fingerprint density at radius 2 is 2.00 bits per heavy atom. The minimum Gasteiger partial charge on any atom is -0.339 e. The number of halogens is 2. The van der Waals surface area contributed by atoms with Gasteiger partial charge in [0, 0.05) is 21.7 Å². The minimum absolute atomic E-state index is 0.0481. The Morgan fingerprint density at radius 3 is 2.53 bits per heavy atom. The van der Waals surface area contributed by atoms with E-state index in [9.17, 15) is 4.79 Å². The van der Waals surface area contributed by atoms with Crippen LogP contribution in [0.1, 0.15) is 24.2 Å². The van der Waals surface area contributed by atoms with Gasteiger partial charge >= 0.3 is 0 Å². The number of carbonyl (C=O) groups excluding carboxylic acids is 1. The summed E-state index contributed by atoms with van der Waals surface area (Å²) in [6.45, 7) is 5.38. The van der Waals surface area contributed by atoms with Crippen molar-refractivity contribution in [2.45, 2.75) is 13.8 Å². The van der Waals surface area contributed by atoms with Crippen molar-refractivity contribution in [3.63, 3.8) is 0 Å². The van der Waals surface area contributed by atoms with Crippen LogP contribution in [0.5, 0.6) is 0 Å². The topological polar surface area (TPSA) is 20.3 Å². The van der Waals surface area contributed by atoms with Crippen LogP contribution in [0.4, 0.5) is 0 Å². The second kappa shape index (κ2) is 5.70. The van der Waals surface area contributed by atoms with Crippen LogP contribution in [0, 0.1) is 3.57 Å². The second-order valence-corrected chi connectivity index (χ2v) is 4.70. The van der Waals surface area contributed by atoms with E-state index in [-0.39, 0.29) is 5.91 Å². The van der Waals surface area contributed by atoms with Gasteiger partial charge in [-0.1, -0.05) is 11.6 Å². The van der Waals surface area contributed by atoms with Crippen molar-refractivity contribution in [3.05, 3.63) is 32.4 Å². The molecule has 2 nitrogen and oxygen atoms in total. The minimum atomic E-state index is 0.0481. The zero-order chi connectivity index (χ0) is 11.4. The Bertz CT molecular complexity index is 364. The molecule has 82 valence electrons. The van der Waals surface area contributed by atoms with Crippen LogP contribution < -0.4 is 0 Å². The van der Waals surface area contributed by atoms with Gasteiger partial charge < -0.3 is 4.90 Å². The van der Waals surface area contributed by atoms with Gasteiger partial charge in [0.25, 0.3) is 5.91 Å². The normalized spacial score (nSPS) is 10.1. The number of carbonyl (C=O) groups is 1. The van der Waals surface area contributed by atoms with Gasteiger partial charge in [0.1, 0.15) is 0 Å². The third-order valence-corrected chi connectivity index (χ3v) is 3.39. The molecule has 0 spiro atoms. The van der Waals surface area contributed by atoms with Gasteiger partial charge in [0.05, 0.1) is 5.56 Å². The van der Waals surface area contributed by atoms with Crippen molar-refractivity contribution in [2.24, 2.45) is 0 Å². The lowest BCUT2D eigenvalue weighted by molar-refractivity contribution is 0.0772. The molecule has 0 saturated heterocycles. The summed E-state index contributed by atoms with van der Waals surface area (Å²) in [7, 11) is 0. The molecule has 0 saturated carbocycles. The predicted molar refractivity (Wildman–Crippen MR) is 71.4 cm³/mol. The maximum atomic E-state index is 12.0. The first-order chi connectivity index (χ1) is 7.10. The van der Waals surface area contributed by atoms with Crippen LogP contribution in [0.2, 0.25) is 5.02 Å². The van der Waals surface area contributed by atoms with E-state index in [0.29, 0.717) is 10.6 Å². The number of amides is 1. The first kappa shape index (κ1) is 12.8. The summed E-state index contributed by atoms with van der Waals surface area (Å²) < 4.78 is 0.939. The molecule has 0 heterocycles. The highest BCUT2D eigenvalue weighted by Gasteiger charge is 2.15. The van der Waals surface area contributed by atoms with E-state index in [0.717, 1.165) is 16.7 Å². The fraction of sp³-hybridized carbons (Fsp3) is 0.364. The average molecular weight is 338 g/mol. The first-order valence-corrected chi connectivity index (χ1v) is 6.30. The summed E-state index contributed by atoms with van der Waals surface area (Å²) in [5.74, 6) is 0.0481. The monoisotopic (exact) mass is 337 g/mol. The molecular weight excluding hydrogens is 324 g/mol. The average Bonchev–Trinajstić information content (AvgIpc) is 2.23. The third-order valence-electron chi connectivity index (χ3n) is 2.21. The van der Waals surface area contributed by atoms with Gasteiger partial charge in [-0.25, -0.2) is 0 Å². The molecule has 1 aromatic rings. The second-order valence-electron chi connectivity index (χ2n) is 3.10. The van der Waals surface area contributed by atoms with Gasteiger partial charge in [0.15, 0.2) is 0 Å². The number of hydrogen-bond acceptors (Lipinski definition) is 1. The van der Waals surface area contributed by atoms with Crippen molar-refractivity contribution >= 4 is 40.1 Å². The maximum Gasteiger partial charge on any atom is 0.254 e. The van der Waals surface area contributed by atoms with E-state index in [1.54, 1.807) is 17.0 Å². The zero-order valence-electron chi connectivity index (χ0n) is 8.76. The van der Waals surface area contributed by atoms with Gasteiger partial charge in [-0.3, -0.25) is 4.79 Å². The van der Waals surface area contributed by atoms with Gasteiger partial charge in [-0.05, 0) is 54.6 Å². The van der Waals surface area contributed by atoms with Crippen molar-refractivity contribution in [1.29, 1.82) is 0 Å².